The highest BCUT2D eigenvalue weighted by Gasteiger charge is 2.35. The Balaban J connectivity index is 0.00000600. The standard InChI is InChI=1S/C34H47ClN6O5.ClH/c1-43-20-22-45-28-13-9-25(10-14-28)6-3-17-41(18-4-7-26-11-15-29(16-12-26)46-23-21-44-2)19-5-8-27(24-41)38-34(42)30-32(36)40-33(37)31(35)39-30;/h9-16,27H,3-8,17-24H2,1-2H3,(H4-,36,37,38,40,42);1H. The number of hydrogen-bond donors (Lipinski definition) is 3. The summed E-state index contributed by atoms with van der Waals surface area (Å²) in [5, 5.41) is 3.14. The van der Waals surface area contributed by atoms with E-state index in [1.807, 2.05) is 24.3 Å². The number of nitrogen functional groups attached to an aromatic ring is 2. The lowest BCUT2D eigenvalue weighted by molar-refractivity contribution is -0.933. The number of carbonyl (C=O) groups is 1. The fourth-order valence-electron chi connectivity index (χ4n) is 6.05. The molecule has 1 aliphatic rings. The number of hydrogen-bond acceptors (Lipinski definition) is 9. The quantitative estimate of drug-likeness (QED) is 0.133. The molecule has 1 aromatic heterocycles. The first-order chi connectivity index (χ1) is 22.3. The Bertz CT molecular complexity index is 1320. The number of likely N-dealkylation sites (tertiary alicyclic amines) is 1. The van der Waals surface area contributed by atoms with Gasteiger partial charge in [-0.25, -0.2) is 9.97 Å². The average molecular weight is 692 g/mol. The Labute approximate surface area is 289 Å². The average Bonchev–Trinajstić information content (AvgIpc) is 3.05. The molecule has 1 unspecified atom stereocenters. The van der Waals surface area contributed by atoms with Gasteiger partial charge in [-0.05, 0) is 61.1 Å². The van der Waals surface area contributed by atoms with Crippen molar-refractivity contribution >= 4 is 29.1 Å². The van der Waals surface area contributed by atoms with Crippen molar-refractivity contribution < 1.29 is 40.6 Å². The van der Waals surface area contributed by atoms with Crippen LogP contribution in [0.1, 0.15) is 47.3 Å². The summed E-state index contributed by atoms with van der Waals surface area (Å²) in [4.78, 5) is 21.3. The Hall–Kier alpha value is -3.35. The molecule has 47 heavy (non-hydrogen) atoms. The molecule has 1 saturated heterocycles. The van der Waals surface area contributed by atoms with Crippen molar-refractivity contribution in [1.82, 2.24) is 15.3 Å². The van der Waals surface area contributed by atoms with E-state index in [0.717, 1.165) is 80.7 Å². The molecule has 2 heterocycles. The lowest BCUT2D eigenvalue weighted by Crippen LogP contribution is -3.00. The second-order valence-corrected chi connectivity index (χ2v) is 12.2. The number of aryl methyl sites for hydroxylation is 2. The zero-order valence-electron chi connectivity index (χ0n) is 27.4. The predicted octanol–water partition coefficient (Wildman–Crippen LogP) is 1.32. The fraction of sp³-hybridized carbons (Fsp3) is 0.500. The first kappa shape index (κ1) is 38.1. The summed E-state index contributed by atoms with van der Waals surface area (Å²) >= 11 is 6.05. The van der Waals surface area contributed by atoms with Crippen LogP contribution in [0.4, 0.5) is 11.6 Å². The van der Waals surface area contributed by atoms with Gasteiger partial charge in [-0.3, -0.25) is 4.79 Å². The molecule has 5 N–H and O–H groups in total. The molecule has 0 spiro atoms. The predicted molar refractivity (Wildman–Crippen MR) is 180 cm³/mol. The molecule has 0 bridgehead atoms. The van der Waals surface area contributed by atoms with E-state index in [1.54, 1.807) is 14.2 Å². The summed E-state index contributed by atoms with van der Waals surface area (Å²) in [7, 11) is 3.33. The number of methoxy groups -OCH3 is 2. The summed E-state index contributed by atoms with van der Waals surface area (Å²) < 4.78 is 22.5. The number of nitrogens with zero attached hydrogens (tertiary/aromatic N) is 3. The molecule has 2 aromatic carbocycles. The van der Waals surface area contributed by atoms with Crippen molar-refractivity contribution in [2.24, 2.45) is 0 Å². The van der Waals surface area contributed by atoms with Crippen LogP contribution >= 0.6 is 11.6 Å². The van der Waals surface area contributed by atoms with E-state index in [9.17, 15) is 4.79 Å². The maximum Gasteiger partial charge on any atom is 0.274 e. The monoisotopic (exact) mass is 690 g/mol. The third kappa shape index (κ3) is 12.0. The first-order valence-corrected chi connectivity index (χ1v) is 16.3. The summed E-state index contributed by atoms with van der Waals surface area (Å²) in [6, 6.07) is 16.6. The van der Waals surface area contributed by atoms with Crippen molar-refractivity contribution in [2.75, 3.05) is 78.3 Å². The zero-order valence-corrected chi connectivity index (χ0v) is 28.9. The van der Waals surface area contributed by atoms with Crippen LogP contribution < -0.4 is 38.7 Å². The van der Waals surface area contributed by atoms with E-state index in [0.29, 0.717) is 26.4 Å². The molecule has 4 rings (SSSR count). The van der Waals surface area contributed by atoms with Gasteiger partial charge < -0.3 is 52.6 Å². The van der Waals surface area contributed by atoms with Gasteiger partial charge >= 0.3 is 0 Å². The number of carbonyl (C=O) groups excluding carboxylic acids is 1. The molecule has 1 amide bonds. The molecule has 1 fully saturated rings. The first-order valence-electron chi connectivity index (χ1n) is 16.0. The van der Waals surface area contributed by atoms with Gasteiger partial charge in [-0.2, -0.15) is 0 Å². The van der Waals surface area contributed by atoms with Crippen LogP contribution in [-0.4, -0.2) is 93.2 Å². The third-order valence-electron chi connectivity index (χ3n) is 8.40. The van der Waals surface area contributed by atoms with Crippen LogP contribution in [0.3, 0.4) is 0 Å². The van der Waals surface area contributed by atoms with E-state index in [1.165, 1.54) is 11.1 Å². The lowest BCUT2D eigenvalue weighted by atomic mass is 9.99. The maximum atomic E-state index is 13.2. The van der Waals surface area contributed by atoms with Crippen LogP contribution in [0.15, 0.2) is 48.5 Å². The molecular formula is C34H48Cl2N6O5. The third-order valence-corrected chi connectivity index (χ3v) is 8.68. The number of amides is 1. The van der Waals surface area contributed by atoms with Gasteiger partial charge in [-0.1, -0.05) is 35.9 Å². The van der Waals surface area contributed by atoms with Crippen molar-refractivity contribution in [3.05, 3.63) is 70.5 Å². The number of aromatic nitrogens is 2. The summed E-state index contributed by atoms with van der Waals surface area (Å²) in [5.74, 6) is 1.30. The van der Waals surface area contributed by atoms with Crippen molar-refractivity contribution in [3.8, 4) is 11.5 Å². The minimum Gasteiger partial charge on any atom is -1.00 e. The van der Waals surface area contributed by atoms with Crippen LogP contribution in [0, 0.1) is 0 Å². The highest BCUT2D eigenvalue weighted by molar-refractivity contribution is 6.31. The van der Waals surface area contributed by atoms with Crippen molar-refractivity contribution in [2.45, 2.75) is 44.6 Å². The Morgan fingerprint density at radius 3 is 1.89 bits per heavy atom. The Kier molecular flexibility index (Phi) is 15.8. The second kappa shape index (κ2) is 19.5. The van der Waals surface area contributed by atoms with Gasteiger partial charge in [0.15, 0.2) is 22.5 Å². The molecule has 1 atom stereocenters. The Morgan fingerprint density at radius 1 is 0.851 bits per heavy atom. The largest absolute Gasteiger partial charge is 1.00 e. The van der Waals surface area contributed by atoms with Gasteiger partial charge in [0.2, 0.25) is 0 Å². The van der Waals surface area contributed by atoms with Gasteiger partial charge in [0.1, 0.15) is 24.7 Å². The number of rotatable bonds is 18. The van der Waals surface area contributed by atoms with Crippen molar-refractivity contribution in [3.63, 3.8) is 0 Å². The topological polar surface area (TPSA) is 144 Å². The molecule has 13 heteroatoms. The number of piperidine rings is 1. The van der Waals surface area contributed by atoms with Crippen molar-refractivity contribution in [1.29, 1.82) is 0 Å². The molecule has 0 aliphatic carbocycles. The van der Waals surface area contributed by atoms with Gasteiger partial charge in [0.05, 0.1) is 45.4 Å². The normalized spacial score (nSPS) is 15.4. The van der Waals surface area contributed by atoms with E-state index in [4.69, 9.17) is 42.0 Å². The molecule has 0 saturated carbocycles. The number of nitrogens with one attached hydrogen (secondary N) is 1. The SMILES string of the molecule is COCCOc1ccc(CCC[N+]2(CCCc3ccc(OCCOC)cc3)CCCC(NC(=O)c3nc(Cl)c(N)nc3N)C2)cc1.[Cl-]. The lowest BCUT2D eigenvalue weighted by Gasteiger charge is -2.45. The highest BCUT2D eigenvalue weighted by Crippen LogP contribution is 2.25. The van der Waals surface area contributed by atoms with E-state index in [-0.39, 0.29) is 46.8 Å². The van der Waals surface area contributed by atoms with Gasteiger partial charge in [-0.15, -0.1) is 0 Å². The van der Waals surface area contributed by atoms with Crippen LogP contribution in [0.25, 0.3) is 0 Å². The van der Waals surface area contributed by atoms with Gasteiger partial charge in [0, 0.05) is 27.1 Å². The van der Waals surface area contributed by atoms with Gasteiger partial charge in [0.25, 0.3) is 5.91 Å². The zero-order chi connectivity index (χ0) is 32.8. The molecule has 3 aromatic rings. The minimum absolute atomic E-state index is 0. The van der Waals surface area contributed by atoms with Crippen LogP contribution in [-0.2, 0) is 22.3 Å². The highest BCUT2D eigenvalue weighted by atomic mass is 35.5. The van der Waals surface area contributed by atoms with E-state index in [2.05, 4.69) is 39.6 Å². The number of quaternary nitrogens is 1. The Morgan fingerprint density at radius 2 is 1.38 bits per heavy atom. The fourth-order valence-corrected chi connectivity index (χ4v) is 6.18. The number of anilines is 2. The number of benzene rings is 2. The number of halogens is 2. The van der Waals surface area contributed by atoms with E-state index >= 15 is 0 Å². The minimum atomic E-state index is -0.377. The molecule has 1 aliphatic heterocycles. The molecule has 0 radical (unpaired) electrons. The summed E-state index contributed by atoms with van der Waals surface area (Å²) in [6.45, 7) is 6.12. The second-order valence-electron chi connectivity index (χ2n) is 11.8. The smallest absolute Gasteiger partial charge is 0.274 e. The summed E-state index contributed by atoms with van der Waals surface area (Å²) in [5.41, 5.74) is 14.2. The molecular weight excluding hydrogens is 643 g/mol. The van der Waals surface area contributed by atoms with E-state index < -0.39 is 0 Å². The number of nitrogens with two attached hydrogens (primary N) is 2. The van der Waals surface area contributed by atoms with Crippen LogP contribution in [0.5, 0.6) is 11.5 Å². The summed E-state index contributed by atoms with van der Waals surface area (Å²) in [6.07, 6.45) is 5.90. The molecule has 11 nitrogen and oxygen atoms in total. The maximum absolute atomic E-state index is 13.2. The van der Waals surface area contributed by atoms with Crippen LogP contribution in [0.2, 0.25) is 5.15 Å². The molecule has 258 valence electrons. The number of ether oxygens (including phenoxy) is 4.